The van der Waals surface area contributed by atoms with E-state index in [1.165, 1.54) is 30.2 Å². The number of carbonyl (C=O) groups is 2. The minimum Gasteiger partial charge on any atom is -0.465 e. The summed E-state index contributed by atoms with van der Waals surface area (Å²) < 4.78 is 4.75. The Labute approximate surface area is 193 Å². The third-order valence-corrected chi connectivity index (χ3v) is 6.20. The lowest BCUT2D eigenvalue weighted by molar-refractivity contribution is 0.0600. The van der Waals surface area contributed by atoms with E-state index in [4.69, 9.17) is 4.74 Å². The number of thioether (sulfide) groups is 1. The summed E-state index contributed by atoms with van der Waals surface area (Å²) in [6.07, 6.45) is 3.55. The van der Waals surface area contributed by atoms with E-state index in [2.05, 4.69) is 15.3 Å². The van der Waals surface area contributed by atoms with Gasteiger partial charge in [-0.3, -0.25) is 10.1 Å². The van der Waals surface area contributed by atoms with Gasteiger partial charge in [-0.2, -0.15) is 0 Å². The summed E-state index contributed by atoms with van der Waals surface area (Å²) in [6, 6.07) is 18.7. The Morgan fingerprint density at radius 1 is 1.00 bits per heavy atom. The molecular weight excluding hydrogens is 442 g/mol. The van der Waals surface area contributed by atoms with Crippen LogP contribution in [0.2, 0.25) is 0 Å². The fourth-order valence-corrected chi connectivity index (χ4v) is 4.39. The number of nitrogens with zero attached hydrogens (tertiary/aromatic N) is 2. The molecule has 0 aliphatic heterocycles. The molecule has 8 heteroatoms. The second-order valence-electron chi connectivity index (χ2n) is 6.70. The van der Waals surface area contributed by atoms with E-state index in [1.54, 1.807) is 30.5 Å². The summed E-state index contributed by atoms with van der Waals surface area (Å²) >= 11 is 2.79. The van der Waals surface area contributed by atoms with Crippen molar-refractivity contribution in [3.63, 3.8) is 0 Å². The molecule has 2 aromatic heterocycles. The zero-order chi connectivity index (χ0) is 22.5. The van der Waals surface area contributed by atoms with Crippen molar-refractivity contribution in [2.24, 2.45) is 0 Å². The summed E-state index contributed by atoms with van der Waals surface area (Å²) in [5.74, 6) is -0.596. The van der Waals surface area contributed by atoms with Gasteiger partial charge in [0, 0.05) is 17.1 Å². The molecule has 0 bridgehead atoms. The molecule has 1 N–H and O–H groups in total. The number of esters is 1. The van der Waals surface area contributed by atoms with Gasteiger partial charge in [-0.15, -0.1) is 23.1 Å². The summed E-state index contributed by atoms with van der Waals surface area (Å²) in [7, 11) is 1.36. The minimum atomic E-state index is -0.363. The molecule has 0 saturated carbocycles. The maximum absolute atomic E-state index is 12.6. The van der Waals surface area contributed by atoms with Crippen molar-refractivity contribution in [1.82, 2.24) is 9.97 Å². The zero-order valence-electron chi connectivity index (χ0n) is 17.4. The maximum Gasteiger partial charge on any atom is 0.337 e. The number of methoxy groups -OCH3 is 1. The van der Waals surface area contributed by atoms with Crippen LogP contribution in [0.4, 0.5) is 5.13 Å². The number of nitrogens with one attached hydrogen (secondary N) is 1. The molecule has 32 heavy (non-hydrogen) atoms. The molecule has 0 spiro atoms. The lowest BCUT2D eigenvalue weighted by atomic mass is 10.0. The molecule has 4 rings (SSSR count). The Morgan fingerprint density at radius 2 is 1.78 bits per heavy atom. The first-order valence-corrected chi connectivity index (χ1v) is 11.7. The lowest BCUT2D eigenvalue weighted by Crippen LogP contribution is -2.13. The molecule has 160 valence electrons. The predicted molar refractivity (Wildman–Crippen MR) is 128 cm³/mol. The molecule has 2 heterocycles. The van der Waals surface area contributed by atoms with Gasteiger partial charge in [0.2, 0.25) is 0 Å². The van der Waals surface area contributed by atoms with E-state index in [1.807, 2.05) is 48.0 Å². The van der Waals surface area contributed by atoms with Gasteiger partial charge >= 0.3 is 5.97 Å². The van der Waals surface area contributed by atoms with Crippen LogP contribution in [0.1, 0.15) is 20.7 Å². The quantitative estimate of drug-likeness (QED) is 0.296. The molecule has 6 nitrogen and oxygen atoms in total. The van der Waals surface area contributed by atoms with Crippen molar-refractivity contribution >= 4 is 40.1 Å². The highest BCUT2D eigenvalue weighted by molar-refractivity contribution is 7.98. The maximum atomic E-state index is 12.6. The molecular formula is C24H19N3O3S2. The minimum absolute atomic E-state index is 0.234. The molecule has 1 amide bonds. The number of amides is 1. The third-order valence-electron chi connectivity index (χ3n) is 4.73. The number of aromatic nitrogens is 2. The number of anilines is 1. The third kappa shape index (κ3) is 4.71. The fourth-order valence-electron chi connectivity index (χ4n) is 3.13. The second-order valence-corrected chi connectivity index (χ2v) is 8.36. The summed E-state index contributed by atoms with van der Waals surface area (Å²) in [5, 5.41) is 5.97. The van der Waals surface area contributed by atoms with Crippen LogP contribution in [0.5, 0.6) is 0 Å². The van der Waals surface area contributed by atoms with Crippen LogP contribution in [0, 0.1) is 0 Å². The van der Waals surface area contributed by atoms with Crippen LogP contribution in [0.15, 0.2) is 77.3 Å². The Balaban J connectivity index is 1.53. The average molecular weight is 462 g/mol. The highest BCUT2D eigenvalue weighted by atomic mass is 32.2. The van der Waals surface area contributed by atoms with Crippen molar-refractivity contribution in [3.8, 4) is 22.4 Å². The SMILES string of the molecule is COC(=O)c1ccc(-c2cccc(-c3csc(NC(=O)c4cccnc4SC)n3)c2)cc1. The molecule has 0 saturated heterocycles. The largest absolute Gasteiger partial charge is 0.465 e. The highest BCUT2D eigenvalue weighted by Crippen LogP contribution is 2.29. The number of hydrogen-bond donors (Lipinski definition) is 1. The standard InChI is InChI=1S/C24H19N3O3S2/c1-30-23(29)16-10-8-15(9-11-16)17-5-3-6-18(13-17)20-14-32-24(26-20)27-21(28)19-7-4-12-25-22(19)31-2/h3-14H,1-2H3,(H,26,27,28). The van der Waals surface area contributed by atoms with Crippen LogP contribution in [0.3, 0.4) is 0 Å². The summed E-state index contributed by atoms with van der Waals surface area (Å²) in [6.45, 7) is 0. The Morgan fingerprint density at radius 3 is 2.53 bits per heavy atom. The molecule has 0 atom stereocenters. The molecule has 0 aliphatic carbocycles. The van der Waals surface area contributed by atoms with Gasteiger partial charge in [0.25, 0.3) is 5.91 Å². The number of rotatable bonds is 6. The highest BCUT2D eigenvalue weighted by Gasteiger charge is 2.14. The average Bonchev–Trinajstić information content (AvgIpc) is 3.32. The molecule has 4 aromatic rings. The molecule has 0 unspecified atom stereocenters. The van der Waals surface area contributed by atoms with Gasteiger partial charge < -0.3 is 4.74 Å². The monoisotopic (exact) mass is 461 g/mol. The topological polar surface area (TPSA) is 81.2 Å². The van der Waals surface area contributed by atoms with Crippen molar-refractivity contribution in [1.29, 1.82) is 0 Å². The number of pyridine rings is 1. The van der Waals surface area contributed by atoms with E-state index in [9.17, 15) is 9.59 Å². The van der Waals surface area contributed by atoms with E-state index in [0.29, 0.717) is 21.3 Å². The van der Waals surface area contributed by atoms with Gasteiger partial charge in [-0.05, 0) is 47.7 Å². The Kier molecular flexibility index (Phi) is 6.63. The van der Waals surface area contributed by atoms with Crippen LogP contribution in [-0.2, 0) is 4.74 Å². The second kappa shape index (κ2) is 9.76. The smallest absolute Gasteiger partial charge is 0.337 e. The van der Waals surface area contributed by atoms with Crippen molar-refractivity contribution in [2.75, 3.05) is 18.7 Å². The lowest BCUT2D eigenvalue weighted by Gasteiger charge is -2.06. The number of benzene rings is 2. The summed E-state index contributed by atoms with van der Waals surface area (Å²) in [5.41, 5.74) is 4.71. The van der Waals surface area contributed by atoms with Gasteiger partial charge in [-0.25, -0.2) is 14.8 Å². The van der Waals surface area contributed by atoms with Crippen LogP contribution in [0.25, 0.3) is 22.4 Å². The first-order chi connectivity index (χ1) is 15.6. The van der Waals surface area contributed by atoms with Crippen LogP contribution in [-0.4, -0.2) is 35.2 Å². The van der Waals surface area contributed by atoms with Gasteiger partial charge in [-0.1, -0.05) is 30.3 Å². The predicted octanol–water partition coefficient (Wildman–Crippen LogP) is 5.63. The number of thiazole rings is 1. The molecule has 0 radical (unpaired) electrons. The van der Waals surface area contributed by atoms with Gasteiger partial charge in [0.1, 0.15) is 5.03 Å². The van der Waals surface area contributed by atoms with Crippen molar-refractivity contribution in [2.45, 2.75) is 5.03 Å². The van der Waals surface area contributed by atoms with Crippen LogP contribution < -0.4 is 5.32 Å². The molecule has 0 aliphatic rings. The zero-order valence-corrected chi connectivity index (χ0v) is 19.0. The van der Waals surface area contributed by atoms with Crippen molar-refractivity contribution in [3.05, 3.63) is 83.4 Å². The Hall–Kier alpha value is -3.49. The number of hydrogen-bond acceptors (Lipinski definition) is 7. The normalized spacial score (nSPS) is 10.6. The van der Waals surface area contributed by atoms with Crippen LogP contribution >= 0.6 is 23.1 Å². The van der Waals surface area contributed by atoms with Gasteiger partial charge in [0.15, 0.2) is 5.13 Å². The van der Waals surface area contributed by atoms with Crippen molar-refractivity contribution < 1.29 is 14.3 Å². The summed E-state index contributed by atoms with van der Waals surface area (Å²) in [4.78, 5) is 33.1. The Bertz CT molecular complexity index is 1270. The van der Waals surface area contributed by atoms with Gasteiger partial charge in [0.05, 0.1) is 23.9 Å². The first kappa shape index (κ1) is 21.7. The van der Waals surface area contributed by atoms with E-state index < -0.39 is 0 Å². The number of carbonyl (C=O) groups excluding carboxylic acids is 2. The molecule has 2 aromatic carbocycles. The first-order valence-electron chi connectivity index (χ1n) is 9.64. The molecule has 0 fully saturated rings. The van der Waals surface area contributed by atoms with E-state index in [-0.39, 0.29) is 11.9 Å². The van der Waals surface area contributed by atoms with E-state index in [0.717, 1.165) is 22.4 Å². The number of ether oxygens (including phenoxy) is 1. The van der Waals surface area contributed by atoms with E-state index >= 15 is 0 Å². The fraction of sp³-hybridized carbons (Fsp3) is 0.0833.